The van der Waals surface area contributed by atoms with Crippen molar-refractivity contribution in [2.45, 2.75) is 40.7 Å². The predicted molar refractivity (Wildman–Crippen MR) is 73.7 cm³/mol. The summed E-state index contributed by atoms with van der Waals surface area (Å²) in [6.07, 6.45) is 0.187. The van der Waals surface area contributed by atoms with Crippen molar-refractivity contribution >= 4 is 5.97 Å². The molecule has 0 spiro atoms. The van der Waals surface area contributed by atoms with E-state index in [1.165, 1.54) is 16.7 Å². The minimum absolute atomic E-state index is 0.187. The van der Waals surface area contributed by atoms with Crippen LogP contribution in [0.1, 0.15) is 37.0 Å². The van der Waals surface area contributed by atoms with Gasteiger partial charge in [-0.1, -0.05) is 37.6 Å². The number of benzene rings is 1. The van der Waals surface area contributed by atoms with E-state index in [0.717, 1.165) is 6.54 Å². The van der Waals surface area contributed by atoms with E-state index in [9.17, 15) is 4.79 Å². The number of rotatable bonds is 6. The molecule has 100 valence electrons. The second-order valence-corrected chi connectivity index (χ2v) is 5.77. The monoisotopic (exact) mass is 249 g/mol. The topological polar surface area (TPSA) is 49.3 Å². The van der Waals surface area contributed by atoms with Gasteiger partial charge in [-0.25, -0.2) is 0 Å². The molecule has 0 aliphatic rings. The van der Waals surface area contributed by atoms with Gasteiger partial charge in [0.2, 0.25) is 0 Å². The third-order valence-electron chi connectivity index (χ3n) is 3.05. The predicted octanol–water partition coefficient (Wildman–Crippen LogP) is 2.89. The largest absolute Gasteiger partial charge is 0.481 e. The van der Waals surface area contributed by atoms with Crippen molar-refractivity contribution in [2.24, 2.45) is 5.41 Å². The third-order valence-corrected chi connectivity index (χ3v) is 3.05. The summed E-state index contributed by atoms with van der Waals surface area (Å²) in [4.78, 5) is 10.7. The Morgan fingerprint density at radius 3 is 2.56 bits per heavy atom. The first kappa shape index (κ1) is 14.7. The molecular formula is C15H23NO2. The molecule has 0 saturated carbocycles. The Morgan fingerprint density at radius 2 is 2.00 bits per heavy atom. The van der Waals surface area contributed by atoms with Crippen molar-refractivity contribution in [1.82, 2.24) is 5.32 Å². The average Bonchev–Trinajstić information content (AvgIpc) is 2.19. The molecule has 1 rings (SSSR count). The first-order chi connectivity index (χ1) is 8.30. The Balaban J connectivity index is 2.48. The van der Waals surface area contributed by atoms with Gasteiger partial charge in [-0.15, -0.1) is 0 Å². The summed E-state index contributed by atoms with van der Waals surface area (Å²) in [5.41, 5.74) is 3.59. The summed E-state index contributed by atoms with van der Waals surface area (Å²) in [7, 11) is 0. The molecule has 0 amide bonds. The zero-order valence-corrected chi connectivity index (χ0v) is 11.7. The Hall–Kier alpha value is -1.35. The molecule has 0 unspecified atom stereocenters. The molecule has 1 aromatic carbocycles. The Bertz CT molecular complexity index is 425. The number of carbonyl (C=O) groups is 1. The molecular weight excluding hydrogens is 226 g/mol. The maximum absolute atomic E-state index is 10.7. The molecule has 0 bridgehead atoms. The normalized spacial score (nSPS) is 11.6. The molecule has 3 nitrogen and oxygen atoms in total. The van der Waals surface area contributed by atoms with Crippen molar-refractivity contribution in [3.63, 3.8) is 0 Å². The van der Waals surface area contributed by atoms with Gasteiger partial charge in [0.15, 0.2) is 0 Å². The number of carboxylic acids is 1. The Morgan fingerprint density at radius 1 is 1.33 bits per heavy atom. The lowest BCUT2D eigenvalue weighted by Gasteiger charge is -2.23. The van der Waals surface area contributed by atoms with Gasteiger partial charge >= 0.3 is 5.97 Å². The fourth-order valence-corrected chi connectivity index (χ4v) is 2.05. The Kier molecular flexibility index (Phi) is 4.91. The minimum atomic E-state index is -0.742. The molecule has 18 heavy (non-hydrogen) atoms. The number of aryl methyl sites for hydroxylation is 2. The lowest BCUT2D eigenvalue weighted by molar-refractivity contribution is -0.139. The average molecular weight is 249 g/mol. The van der Waals surface area contributed by atoms with E-state index >= 15 is 0 Å². The highest BCUT2D eigenvalue weighted by Crippen LogP contribution is 2.19. The van der Waals surface area contributed by atoms with Gasteiger partial charge in [0, 0.05) is 13.1 Å². The fourth-order valence-electron chi connectivity index (χ4n) is 2.05. The van der Waals surface area contributed by atoms with Crippen LogP contribution < -0.4 is 5.32 Å². The molecule has 0 aliphatic heterocycles. The number of hydrogen-bond acceptors (Lipinski definition) is 2. The molecule has 3 heteroatoms. The highest BCUT2D eigenvalue weighted by molar-refractivity contribution is 5.67. The van der Waals surface area contributed by atoms with Gasteiger partial charge in [-0.3, -0.25) is 4.79 Å². The second kappa shape index (κ2) is 6.01. The van der Waals surface area contributed by atoms with E-state index in [4.69, 9.17) is 5.11 Å². The van der Waals surface area contributed by atoms with Crippen LogP contribution in [-0.4, -0.2) is 17.6 Å². The molecule has 0 heterocycles. The van der Waals surface area contributed by atoms with Gasteiger partial charge < -0.3 is 10.4 Å². The molecule has 1 aromatic rings. The molecule has 0 fully saturated rings. The van der Waals surface area contributed by atoms with Crippen LogP contribution in [0.25, 0.3) is 0 Å². The van der Waals surface area contributed by atoms with E-state index in [0.29, 0.717) is 6.54 Å². The number of aliphatic carboxylic acids is 1. The van der Waals surface area contributed by atoms with E-state index in [-0.39, 0.29) is 11.8 Å². The van der Waals surface area contributed by atoms with Crippen molar-refractivity contribution < 1.29 is 9.90 Å². The highest BCUT2D eigenvalue weighted by Gasteiger charge is 2.21. The van der Waals surface area contributed by atoms with E-state index in [1.54, 1.807) is 0 Å². The van der Waals surface area contributed by atoms with E-state index < -0.39 is 5.97 Å². The van der Waals surface area contributed by atoms with Crippen LogP contribution in [0.15, 0.2) is 18.2 Å². The van der Waals surface area contributed by atoms with Gasteiger partial charge in [0.25, 0.3) is 0 Å². The maximum Gasteiger partial charge on any atom is 0.303 e. The van der Waals surface area contributed by atoms with Crippen LogP contribution in [0.3, 0.4) is 0 Å². The molecule has 0 saturated heterocycles. The molecule has 0 atom stereocenters. The van der Waals surface area contributed by atoms with Crippen LogP contribution in [0.4, 0.5) is 0 Å². The zero-order valence-electron chi connectivity index (χ0n) is 11.7. The molecule has 0 radical (unpaired) electrons. The minimum Gasteiger partial charge on any atom is -0.481 e. The summed E-state index contributed by atoms with van der Waals surface area (Å²) in [5, 5.41) is 12.2. The number of carboxylic acid groups (broad SMARTS) is 1. The van der Waals surface area contributed by atoms with Gasteiger partial charge in [0.05, 0.1) is 6.42 Å². The summed E-state index contributed by atoms with van der Waals surface area (Å²) in [5.74, 6) is -0.742. The Labute approximate surface area is 109 Å². The van der Waals surface area contributed by atoms with Crippen LogP contribution in [0.5, 0.6) is 0 Å². The van der Waals surface area contributed by atoms with Crippen LogP contribution in [0.2, 0.25) is 0 Å². The molecule has 0 aromatic heterocycles. The maximum atomic E-state index is 10.7. The van der Waals surface area contributed by atoms with Crippen molar-refractivity contribution in [1.29, 1.82) is 0 Å². The summed E-state index contributed by atoms with van der Waals surface area (Å²) in [6, 6.07) is 6.40. The first-order valence-corrected chi connectivity index (χ1v) is 6.29. The number of hydrogen-bond donors (Lipinski definition) is 2. The van der Waals surface area contributed by atoms with Crippen molar-refractivity contribution in [2.75, 3.05) is 6.54 Å². The lowest BCUT2D eigenvalue weighted by Crippen LogP contribution is -2.31. The van der Waals surface area contributed by atoms with Crippen molar-refractivity contribution in [3.8, 4) is 0 Å². The second-order valence-electron chi connectivity index (χ2n) is 5.77. The van der Waals surface area contributed by atoms with Crippen LogP contribution in [0, 0.1) is 19.3 Å². The van der Waals surface area contributed by atoms with E-state index in [2.05, 4.69) is 37.4 Å². The van der Waals surface area contributed by atoms with E-state index in [1.807, 2.05) is 13.8 Å². The lowest BCUT2D eigenvalue weighted by atomic mass is 9.89. The first-order valence-electron chi connectivity index (χ1n) is 6.29. The fraction of sp³-hybridized carbons (Fsp3) is 0.533. The summed E-state index contributed by atoms with van der Waals surface area (Å²) < 4.78 is 0. The third kappa shape index (κ3) is 4.88. The van der Waals surface area contributed by atoms with Gasteiger partial charge in [0.1, 0.15) is 0 Å². The smallest absolute Gasteiger partial charge is 0.303 e. The quantitative estimate of drug-likeness (QED) is 0.815. The van der Waals surface area contributed by atoms with Crippen LogP contribution >= 0.6 is 0 Å². The van der Waals surface area contributed by atoms with Crippen LogP contribution in [-0.2, 0) is 11.3 Å². The van der Waals surface area contributed by atoms with Crippen molar-refractivity contribution in [3.05, 3.63) is 34.9 Å². The van der Waals surface area contributed by atoms with Gasteiger partial charge in [-0.2, -0.15) is 0 Å². The SMILES string of the molecule is Cc1ccc(CNCC(C)(C)CC(=O)O)c(C)c1. The zero-order chi connectivity index (χ0) is 13.8. The molecule has 2 N–H and O–H groups in total. The standard InChI is InChI=1S/C15H23NO2/c1-11-5-6-13(12(2)7-11)9-16-10-15(3,4)8-14(17)18/h5-7,16H,8-10H2,1-4H3,(H,17,18). The summed E-state index contributed by atoms with van der Waals surface area (Å²) in [6.45, 7) is 9.61. The highest BCUT2D eigenvalue weighted by atomic mass is 16.4. The molecule has 0 aliphatic carbocycles. The number of nitrogens with one attached hydrogen (secondary N) is 1. The van der Waals surface area contributed by atoms with Gasteiger partial charge in [-0.05, 0) is 30.4 Å². The summed E-state index contributed by atoms with van der Waals surface area (Å²) >= 11 is 0.